The third-order valence-electron chi connectivity index (χ3n) is 6.91. The molecule has 0 saturated carbocycles. The van der Waals surface area contributed by atoms with Crippen LogP contribution in [0, 0.1) is 12.7 Å². The Labute approximate surface area is 227 Å². The fraction of sp³-hybridized carbons (Fsp3) is 0.0556. The predicted octanol–water partition coefficient (Wildman–Crippen LogP) is 6.68. The van der Waals surface area contributed by atoms with Crippen molar-refractivity contribution in [1.82, 2.24) is 0 Å². The van der Waals surface area contributed by atoms with E-state index in [9.17, 15) is 4.39 Å². The Morgan fingerprint density at radius 2 is 1.64 bits per heavy atom. The molecule has 0 bridgehead atoms. The van der Waals surface area contributed by atoms with E-state index in [-0.39, 0.29) is 5.82 Å². The fourth-order valence-electron chi connectivity index (χ4n) is 4.92. The van der Waals surface area contributed by atoms with E-state index in [1.54, 1.807) is 18.2 Å². The van der Waals surface area contributed by atoms with Crippen molar-refractivity contribution in [2.45, 2.75) is 13.8 Å². The number of benzene rings is 4. The molecular formula is C36H30FNO. The van der Waals surface area contributed by atoms with Crippen LogP contribution in [-0.4, -0.2) is 0 Å². The number of para-hydroxylation sites is 1. The standard InChI is InChI=1S/C36H30FNO/c1-6-10-32-33-14-8-11-25(4)36(33)39-34(32)23-38(30-21-19-29(37)20-22-30)26(5)16-18-28-17-15-24(3)35-27(7-2)12-9-13-31(28)35/h6-23H,1-3H2,4-5H3/b26-16+,28-18-,32-10-,34-23-. The van der Waals surface area contributed by atoms with Crippen LogP contribution in [0.25, 0.3) is 52.7 Å². The van der Waals surface area contributed by atoms with Crippen LogP contribution in [0.1, 0.15) is 18.1 Å². The van der Waals surface area contributed by atoms with Crippen LogP contribution < -0.4 is 26.0 Å². The maximum Gasteiger partial charge on any atom is 0.151 e. The summed E-state index contributed by atoms with van der Waals surface area (Å²) in [4.78, 5) is 2.01. The lowest BCUT2D eigenvalue weighted by Gasteiger charge is -2.20. The Balaban J connectivity index is 1.74. The average Bonchev–Trinajstić information content (AvgIpc) is 3.30. The molecule has 0 aliphatic carbocycles. The van der Waals surface area contributed by atoms with Crippen molar-refractivity contribution in [2.75, 3.05) is 4.90 Å². The highest BCUT2D eigenvalue weighted by atomic mass is 19.1. The largest absolute Gasteiger partial charge is 0.454 e. The van der Waals surface area contributed by atoms with Gasteiger partial charge in [0.25, 0.3) is 0 Å². The quantitative estimate of drug-likeness (QED) is 0.253. The van der Waals surface area contributed by atoms with E-state index in [0.717, 1.165) is 59.9 Å². The SMILES string of the molecule is C=C/C=c1\c(=C\N(/C(C)=C/C=c2/ccc(=C)c3c(C=C)cccc23)c2ccc(F)cc2)oc2c(C)cccc12. The van der Waals surface area contributed by atoms with Crippen molar-refractivity contribution >= 4 is 58.4 Å². The van der Waals surface area contributed by atoms with Gasteiger partial charge in [0.05, 0.1) is 6.20 Å². The van der Waals surface area contributed by atoms with Crippen LogP contribution in [0.2, 0.25) is 0 Å². The molecule has 0 atom stereocenters. The lowest BCUT2D eigenvalue weighted by Crippen LogP contribution is -2.26. The van der Waals surface area contributed by atoms with Crippen molar-refractivity contribution in [3.63, 3.8) is 0 Å². The molecule has 0 aliphatic heterocycles. The molecule has 39 heavy (non-hydrogen) atoms. The average molecular weight is 512 g/mol. The first kappa shape index (κ1) is 25.7. The van der Waals surface area contributed by atoms with Crippen molar-refractivity contribution in [2.24, 2.45) is 0 Å². The van der Waals surface area contributed by atoms with Gasteiger partial charge in [-0.2, -0.15) is 0 Å². The summed E-state index contributed by atoms with van der Waals surface area (Å²) < 4.78 is 20.2. The molecule has 0 amide bonds. The Morgan fingerprint density at radius 3 is 2.38 bits per heavy atom. The molecule has 0 saturated heterocycles. The monoisotopic (exact) mass is 511 g/mol. The van der Waals surface area contributed by atoms with Gasteiger partial charge >= 0.3 is 0 Å². The summed E-state index contributed by atoms with van der Waals surface area (Å²) in [6.07, 6.45) is 11.7. The first-order chi connectivity index (χ1) is 18.9. The Bertz CT molecular complexity index is 1990. The number of allylic oxidation sites excluding steroid dienone is 3. The first-order valence-corrected chi connectivity index (χ1v) is 12.8. The fourth-order valence-corrected chi connectivity index (χ4v) is 4.92. The van der Waals surface area contributed by atoms with Crippen LogP contribution in [0.5, 0.6) is 0 Å². The maximum atomic E-state index is 13.8. The molecule has 0 spiro atoms. The van der Waals surface area contributed by atoms with Gasteiger partial charge in [0.15, 0.2) is 5.42 Å². The molecular weight excluding hydrogens is 481 g/mol. The van der Waals surface area contributed by atoms with Crippen molar-refractivity contribution in [3.05, 3.63) is 142 Å². The summed E-state index contributed by atoms with van der Waals surface area (Å²) in [6, 6.07) is 22.8. The van der Waals surface area contributed by atoms with E-state index in [2.05, 4.69) is 44.0 Å². The van der Waals surface area contributed by atoms with Gasteiger partial charge in [-0.05, 0) is 76.5 Å². The van der Waals surface area contributed by atoms with Crippen molar-refractivity contribution in [3.8, 4) is 0 Å². The van der Waals surface area contributed by atoms with E-state index >= 15 is 0 Å². The number of hydrogen-bond donors (Lipinski definition) is 0. The highest BCUT2D eigenvalue weighted by molar-refractivity contribution is 5.92. The number of halogens is 1. The van der Waals surface area contributed by atoms with E-state index in [1.807, 2.05) is 73.5 Å². The number of hydrogen-bond acceptors (Lipinski definition) is 2. The molecule has 3 heteroatoms. The predicted molar refractivity (Wildman–Crippen MR) is 165 cm³/mol. The van der Waals surface area contributed by atoms with Gasteiger partial charge in [-0.25, -0.2) is 4.39 Å². The van der Waals surface area contributed by atoms with Gasteiger partial charge in [-0.15, -0.1) is 0 Å². The highest BCUT2D eigenvalue weighted by Gasteiger charge is 2.10. The number of fused-ring (bicyclic) bond motifs is 2. The molecule has 192 valence electrons. The molecule has 4 aromatic carbocycles. The minimum absolute atomic E-state index is 0.287. The molecule has 1 heterocycles. The second kappa shape index (κ2) is 10.8. The number of nitrogens with zero attached hydrogens (tertiary/aromatic N) is 1. The molecule has 5 aromatic rings. The topological polar surface area (TPSA) is 16.4 Å². The minimum atomic E-state index is -0.287. The van der Waals surface area contributed by atoms with Crippen molar-refractivity contribution < 1.29 is 8.81 Å². The number of furan rings is 1. The Hall–Kier alpha value is -4.89. The first-order valence-electron chi connectivity index (χ1n) is 12.8. The van der Waals surface area contributed by atoms with E-state index < -0.39 is 0 Å². The van der Waals surface area contributed by atoms with Gasteiger partial charge in [-0.3, -0.25) is 0 Å². The zero-order valence-electron chi connectivity index (χ0n) is 22.2. The summed E-state index contributed by atoms with van der Waals surface area (Å²) in [7, 11) is 0. The molecule has 0 fully saturated rings. The Morgan fingerprint density at radius 1 is 0.897 bits per heavy atom. The minimum Gasteiger partial charge on any atom is -0.454 e. The lowest BCUT2D eigenvalue weighted by molar-refractivity contribution is 0.572. The summed E-state index contributed by atoms with van der Waals surface area (Å²) in [5.41, 5.74) is 5.38. The second-order valence-electron chi connectivity index (χ2n) is 9.47. The normalized spacial score (nSPS) is 13.4. The zero-order valence-corrected chi connectivity index (χ0v) is 22.2. The van der Waals surface area contributed by atoms with E-state index in [1.165, 1.54) is 12.1 Å². The van der Waals surface area contributed by atoms with Gasteiger partial charge in [0.2, 0.25) is 0 Å². The van der Waals surface area contributed by atoms with Crippen LogP contribution >= 0.6 is 0 Å². The van der Waals surface area contributed by atoms with Crippen molar-refractivity contribution in [1.29, 1.82) is 0 Å². The van der Waals surface area contributed by atoms with Gasteiger partial charge in [0.1, 0.15) is 11.4 Å². The third-order valence-corrected chi connectivity index (χ3v) is 6.91. The van der Waals surface area contributed by atoms with Crippen LogP contribution in [0.3, 0.4) is 0 Å². The molecule has 0 unspecified atom stereocenters. The van der Waals surface area contributed by atoms with Gasteiger partial charge in [-0.1, -0.05) is 92.6 Å². The van der Waals surface area contributed by atoms with Gasteiger partial charge < -0.3 is 9.32 Å². The van der Waals surface area contributed by atoms with Crippen LogP contribution in [-0.2, 0) is 0 Å². The summed E-state index contributed by atoms with van der Waals surface area (Å²) in [5, 5.41) is 6.20. The summed E-state index contributed by atoms with van der Waals surface area (Å²) >= 11 is 0. The maximum absolute atomic E-state index is 13.8. The zero-order chi connectivity index (χ0) is 27.5. The Kier molecular flexibility index (Phi) is 7.16. The van der Waals surface area contributed by atoms with Gasteiger partial charge in [0, 0.05) is 22.0 Å². The highest BCUT2D eigenvalue weighted by Crippen LogP contribution is 2.21. The summed E-state index contributed by atoms with van der Waals surface area (Å²) in [6.45, 7) is 16.1. The third kappa shape index (κ3) is 4.99. The molecule has 0 N–H and O–H groups in total. The molecule has 0 radical (unpaired) electrons. The molecule has 1 aromatic heterocycles. The van der Waals surface area contributed by atoms with Crippen LogP contribution in [0.15, 0.2) is 108 Å². The number of anilines is 1. The second-order valence-corrected chi connectivity index (χ2v) is 9.47. The number of rotatable bonds is 6. The number of aryl methyl sites for hydroxylation is 1. The molecule has 2 nitrogen and oxygen atoms in total. The molecule has 5 rings (SSSR count). The van der Waals surface area contributed by atoms with E-state index in [4.69, 9.17) is 4.42 Å². The van der Waals surface area contributed by atoms with E-state index in [0.29, 0.717) is 5.42 Å². The summed E-state index contributed by atoms with van der Waals surface area (Å²) in [5.74, 6) is -0.287. The van der Waals surface area contributed by atoms with Crippen LogP contribution in [0.4, 0.5) is 10.1 Å². The smallest absolute Gasteiger partial charge is 0.151 e. The lowest BCUT2D eigenvalue weighted by atomic mass is 10.0. The molecule has 0 aliphatic rings.